The number of ether oxygens (including phenoxy) is 1. The fraction of sp³-hybridized carbons (Fsp3) is 0.696. The summed E-state index contributed by atoms with van der Waals surface area (Å²) >= 11 is 0. The summed E-state index contributed by atoms with van der Waals surface area (Å²) in [7, 11) is 0. The van der Waals surface area contributed by atoms with E-state index in [2.05, 4.69) is 16.7 Å². The predicted octanol–water partition coefficient (Wildman–Crippen LogP) is 4.74. The molecule has 2 aliphatic rings. The molecule has 0 aliphatic carbocycles. The number of piperidine rings is 1. The van der Waals surface area contributed by atoms with Crippen LogP contribution in [-0.4, -0.2) is 54.5 Å². The van der Waals surface area contributed by atoms with Crippen molar-refractivity contribution in [3.63, 3.8) is 0 Å². The highest BCUT2D eigenvalue weighted by Gasteiger charge is 2.28. The predicted molar refractivity (Wildman–Crippen MR) is 110 cm³/mol. The van der Waals surface area contributed by atoms with E-state index in [1.165, 1.54) is 45.2 Å². The lowest BCUT2D eigenvalue weighted by Crippen LogP contribution is -2.45. The Bertz CT molecular complexity index is 581. The monoisotopic (exact) mass is 372 g/mol. The van der Waals surface area contributed by atoms with Crippen LogP contribution in [-0.2, 0) is 0 Å². The molecule has 0 bridgehead atoms. The number of carbonyl (C=O) groups excluding carboxylic acids is 1. The smallest absolute Gasteiger partial charge is 0.254 e. The summed E-state index contributed by atoms with van der Waals surface area (Å²) in [5, 5.41) is 0. The van der Waals surface area contributed by atoms with Crippen LogP contribution in [0.5, 0.6) is 5.75 Å². The first kappa shape index (κ1) is 20.2. The van der Waals surface area contributed by atoms with Gasteiger partial charge in [-0.1, -0.05) is 25.8 Å². The molecule has 3 rings (SSSR count). The molecule has 0 aromatic heterocycles. The molecule has 2 aliphatic heterocycles. The Hall–Kier alpha value is -1.55. The lowest BCUT2D eigenvalue weighted by atomic mass is 9.97. The van der Waals surface area contributed by atoms with E-state index in [0.29, 0.717) is 12.6 Å². The highest BCUT2D eigenvalue weighted by molar-refractivity contribution is 5.94. The number of carbonyl (C=O) groups is 1. The Morgan fingerprint density at radius 2 is 1.85 bits per heavy atom. The molecule has 0 radical (unpaired) electrons. The molecule has 0 saturated carbocycles. The van der Waals surface area contributed by atoms with Gasteiger partial charge in [-0.05, 0) is 76.2 Å². The van der Waals surface area contributed by atoms with Crippen LogP contribution in [0, 0.1) is 0 Å². The Balaban J connectivity index is 1.61. The molecule has 150 valence electrons. The molecule has 0 unspecified atom stereocenters. The minimum Gasteiger partial charge on any atom is -0.494 e. The number of nitrogens with zero attached hydrogens (tertiary/aromatic N) is 2. The van der Waals surface area contributed by atoms with E-state index < -0.39 is 0 Å². The van der Waals surface area contributed by atoms with E-state index in [4.69, 9.17) is 4.74 Å². The second-order valence-corrected chi connectivity index (χ2v) is 8.07. The zero-order valence-electron chi connectivity index (χ0n) is 17.0. The van der Waals surface area contributed by atoms with Gasteiger partial charge in [0.25, 0.3) is 5.91 Å². The Labute approximate surface area is 164 Å². The van der Waals surface area contributed by atoms with Gasteiger partial charge in [0.05, 0.1) is 6.61 Å². The number of hydrogen-bond acceptors (Lipinski definition) is 3. The van der Waals surface area contributed by atoms with Crippen molar-refractivity contribution in [1.29, 1.82) is 0 Å². The lowest BCUT2D eigenvalue weighted by molar-refractivity contribution is 0.0584. The molecule has 2 heterocycles. The van der Waals surface area contributed by atoms with Crippen LogP contribution in [0.15, 0.2) is 24.3 Å². The van der Waals surface area contributed by atoms with Gasteiger partial charge in [0, 0.05) is 24.7 Å². The van der Waals surface area contributed by atoms with Crippen LogP contribution in [0.25, 0.3) is 0 Å². The fourth-order valence-corrected chi connectivity index (χ4v) is 4.36. The minimum atomic E-state index is 0.178. The first-order chi connectivity index (χ1) is 13.3. The quantitative estimate of drug-likeness (QED) is 0.693. The van der Waals surface area contributed by atoms with Gasteiger partial charge < -0.3 is 14.5 Å². The molecule has 2 fully saturated rings. The first-order valence-corrected chi connectivity index (χ1v) is 11.0. The molecule has 1 atom stereocenters. The van der Waals surface area contributed by atoms with Crippen molar-refractivity contribution >= 4 is 5.91 Å². The topological polar surface area (TPSA) is 32.8 Å². The third kappa shape index (κ3) is 5.97. The average Bonchev–Trinajstić information content (AvgIpc) is 2.99. The highest BCUT2D eigenvalue weighted by Crippen LogP contribution is 2.24. The minimum absolute atomic E-state index is 0.178. The second-order valence-electron chi connectivity index (χ2n) is 8.07. The molecular weight excluding hydrogens is 336 g/mol. The van der Waals surface area contributed by atoms with E-state index in [-0.39, 0.29) is 5.91 Å². The summed E-state index contributed by atoms with van der Waals surface area (Å²) in [6.07, 6.45) is 11.0. The maximum absolute atomic E-state index is 13.2. The summed E-state index contributed by atoms with van der Waals surface area (Å²) in [4.78, 5) is 18.0. The third-order valence-corrected chi connectivity index (χ3v) is 5.92. The van der Waals surface area contributed by atoms with Gasteiger partial charge in [0.15, 0.2) is 0 Å². The summed E-state index contributed by atoms with van der Waals surface area (Å²) in [5.41, 5.74) is 0.769. The molecule has 4 nitrogen and oxygen atoms in total. The van der Waals surface area contributed by atoms with Gasteiger partial charge in [-0.25, -0.2) is 0 Å². The number of likely N-dealkylation sites (tertiary alicyclic amines) is 2. The standard InChI is InChI=1S/C23H36N2O2/c1-2-18-27-22-12-9-10-20(19-22)23(26)25-16-8-5-11-21(25)13-17-24-14-6-3-4-7-15-24/h9-10,12,19,21H,2-8,11,13-18H2,1H3/t21-/m0/s1. The van der Waals surface area contributed by atoms with Crippen molar-refractivity contribution in [2.24, 2.45) is 0 Å². The molecule has 4 heteroatoms. The van der Waals surface area contributed by atoms with Crippen molar-refractivity contribution in [3.8, 4) is 5.75 Å². The molecule has 1 aromatic carbocycles. The van der Waals surface area contributed by atoms with E-state index in [1.807, 2.05) is 24.3 Å². The zero-order chi connectivity index (χ0) is 18.9. The number of amides is 1. The van der Waals surface area contributed by atoms with Gasteiger partial charge in [-0.15, -0.1) is 0 Å². The van der Waals surface area contributed by atoms with Crippen molar-refractivity contribution in [2.75, 3.05) is 32.8 Å². The fourth-order valence-electron chi connectivity index (χ4n) is 4.36. The average molecular weight is 373 g/mol. The number of benzene rings is 1. The Kier molecular flexibility index (Phi) is 8.00. The van der Waals surface area contributed by atoms with E-state index in [1.54, 1.807) is 0 Å². The van der Waals surface area contributed by atoms with Crippen LogP contribution < -0.4 is 4.74 Å². The van der Waals surface area contributed by atoms with Gasteiger partial charge in [0.2, 0.25) is 0 Å². The summed E-state index contributed by atoms with van der Waals surface area (Å²) < 4.78 is 5.72. The SMILES string of the molecule is CCCOc1cccc(C(=O)N2CCCC[C@H]2CCN2CCCCCC2)c1. The molecule has 0 spiro atoms. The van der Waals surface area contributed by atoms with Gasteiger partial charge >= 0.3 is 0 Å². The molecule has 27 heavy (non-hydrogen) atoms. The maximum Gasteiger partial charge on any atom is 0.254 e. The highest BCUT2D eigenvalue weighted by atomic mass is 16.5. The van der Waals surface area contributed by atoms with E-state index in [9.17, 15) is 4.79 Å². The molecule has 1 amide bonds. The lowest BCUT2D eigenvalue weighted by Gasteiger charge is -2.37. The largest absolute Gasteiger partial charge is 0.494 e. The van der Waals surface area contributed by atoms with Gasteiger partial charge in [-0.3, -0.25) is 4.79 Å². The van der Waals surface area contributed by atoms with Crippen LogP contribution in [0.1, 0.15) is 75.1 Å². The van der Waals surface area contributed by atoms with E-state index in [0.717, 1.165) is 50.1 Å². The summed E-state index contributed by atoms with van der Waals surface area (Å²) in [6, 6.07) is 8.11. The number of hydrogen-bond donors (Lipinski definition) is 0. The van der Waals surface area contributed by atoms with Crippen molar-refractivity contribution < 1.29 is 9.53 Å². The van der Waals surface area contributed by atoms with Crippen LogP contribution in [0.3, 0.4) is 0 Å². The molecular formula is C23H36N2O2. The van der Waals surface area contributed by atoms with Crippen molar-refractivity contribution in [1.82, 2.24) is 9.80 Å². The van der Waals surface area contributed by atoms with Crippen molar-refractivity contribution in [2.45, 2.75) is 70.8 Å². The molecule has 0 N–H and O–H groups in total. The summed E-state index contributed by atoms with van der Waals surface area (Å²) in [5.74, 6) is 0.985. The Morgan fingerprint density at radius 1 is 1.07 bits per heavy atom. The third-order valence-electron chi connectivity index (χ3n) is 5.92. The Morgan fingerprint density at radius 3 is 2.63 bits per heavy atom. The van der Waals surface area contributed by atoms with Gasteiger partial charge in [-0.2, -0.15) is 0 Å². The molecule has 2 saturated heterocycles. The van der Waals surface area contributed by atoms with Crippen molar-refractivity contribution in [3.05, 3.63) is 29.8 Å². The van der Waals surface area contributed by atoms with Gasteiger partial charge in [0.1, 0.15) is 5.75 Å². The van der Waals surface area contributed by atoms with E-state index >= 15 is 0 Å². The summed E-state index contributed by atoms with van der Waals surface area (Å²) in [6.45, 7) is 7.28. The molecule has 1 aromatic rings. The second kappa shape index (κ2) is 10.7. The van der Waals surface area contributed by atoms with Crippen LogP contribution >= 0.6 is 0 Å². The zero-order valence-corrected chi connectivity index (χ0v) is 17.0. The normalized spacial score (nSPS) is 21.7. The number of rotatable bonds is 7. The van der Waals surface area contributed by atoms with Crippen LogP contribution in [0.4, 0.5) is 0 Å². The maximum atomic E-state index is 13.2. The first-order valence-electron chi connectivity index (χ1n) is 11.0. The van der Waals surface area contributed by atoms with Crippen LogP contribution in [0.2, 0.25) is 0 Å².